The number of halogens is 1. The molecule has 1 aromatic heterocycles. The SMILES string of the molecule is Cc1ccc2oc3c(c(=O)c2c1)C1(C(=O)N(Cc2ccccc2)c2ccccc21)N(Cc1ccc(F)cc1)C3=O. The van der Waals surface area contributed by atoms with Gasteiger partial charge in [-0.15, -0.1) is 0 Å². The van der Waals surface area contributed by atoms with Gasteiger partial charge in [-0.1, -0.05) is 72.3 Å². The fourth-order valence-corrected chi connectivity index (χ4v) is 6.02. The number of para-hydroxylation sites is 1. The number of aryl methyl sites for hydroxylation is 1. The fraction of sp³-hybridized carbons (Fsp3) is 0.121. The van der Waals surface area contributed by atoms with Gasteiger partial charge in [-0.05, 0) is 48.4 Å². The molecule has 0 saturated heterocycles. The van der Waals surface area contributed by atoms with Crippen LogP contribution in [0.2, 0.25) is 0 Å². The molecule has 2 aliphatic rings. The molecule has 0 N–H and O–H groups in total. The van der Waals surface area contributed by atoms with Gasteiger partial charge in [-0.25, -0.2) is 4.39 Å². The summed E-state index contributed by atoms with van der Waals surface area (Å²) in [6.45, 7) is 2.09. The molecule has 0 radical (unpaired) electrons. The van der Waals surface area contributed by atoms with Crippen molar-refractivity contribution in [3.63, 3.8) is 0 Å². The number of anilines is 1. The number of amides is 2. The third-order valence-electron chi connectivity index (χ3n) is 7.83. The summed E-state index contributed by atoms with van der Waals surface area (Å²) in [5.74, 6) is -1.54. The van der Waals surface area contributed by atoms with Crippen LogP contribution >= 0.6 is 0 Å². The molecule has 6 nitrogen and oxygen atoms in total. The average molecular weight is 531 g/mol. The molecule has 0 fully saturated rings. The number of carbonyl (C=O) groups excluding carboxylic acids is 2. The summed E-state index contributed by atoms with van der Waals surface area (Å²) in [6.07, 6.45) is 0. The highest BCUT2D eigenvalue weighted by Crippen LogP contribution is 2.53. The van der Waals surface area contributed by atoms with E-state index in [4.69, 9.17) is 4.42 Å². The first-order chi connectivity index (χ1) is 19.4. The van der Waals surface area contributed by atoms with Crippen LogP contribution in [-0.2, 0) is 23.4 Å². The van der Waals surface area contributed by atoms with Crippen molar-refractivity contribution in [1.82, 2.24) is 4.90 Å². The minimum Gasteiger partial charge on any atom is -0.450 e. The Labute approximate surface area is 228 Å². The number of rotatable bonds is 4. The Morgan fingerprint density at radius 2 is 1.50 bits per heavy atom. The van der Waals surface area contributed by atoms with Gasteiger partial charge in [0.05, 0.1) is 23.2 Å². The van der Waals surface area contributed by atoms with Crippen molar-refractivity contribution in [3.05, 3.63) is 147 Å². The number of nitrogens with zero attached hydrogens (tertiary/aromatic N) is 2. The summed E-state index contributed by atoms with van der Waals surface area (Å²) in [4.78, 5) is 46.3. The molecule has 0 aliphatic carbocycles. The summed E-state index contributed by atoms with van der Waals surface area (Å²) in [6, 6.07) is 27.7. The predicted molar refractivity (Wildman–Crippen MR) is 148 cm³/mol. The Hall–Kier alpha value is -5.04. The Morgan fingerprint density at radius 3 is 2.27 bits per heavy atom. The first-order valence-electron chi connectivity index (χ1n) is 13.0. The molecule has 4 aromatic carbocycles. The lowest BCUT2D eigenvalue weighted by molar-refractivity contribution is -0.126. The van der Waals surface area contributed by atoms with Crippen LogP contribution in [0.5, 0.6) is 0 Å². The summed E-state index contributed by atoms with van der Waals surface area (Å²) < 4.78 is 19.9. The number of benzene rings is 4. The lowest BCUT2D eigenvalue weighted by Gasteiger charge is -2.34. The first kappa shape index (κ1) is 24.0. The van der Waals surface area contributed by atoms with Crippen LogP contribution in [-0.4, -0.2) is 16.7 Å². The lowest BCUT2D eigenvalue weighted by Crippen LogP contribution is -2.52. The number of hydrogen-bond donors (Lipinski definition) is 0. The summed E-state index contributed by atoms with van der Waals surface area (Å²) in [5.41, 5.74) is 1.65. The molecule has 5 aromatic rings. The van der Waals surface area contributed by atoms with E-state index in [2.05, 4.69) is 0 Å². The van der Waals surface area contributed by atoms with Crippen molar-refractivity contribution < 1.29 is 18.4 Å². The van der Waals surface area contributed by atoms with Crippen molar-refractivity contribution in [2.24, 2.45) is 0 Å². The Morgan fingerprint density at radius 1 is 0.800 bits per heavy atom. The highest BCUT2D eigenvalue weighted by Gasteiger charge is 2.64. The molecule has 196 valence electrons. The molecular weight excluding hydrogens is 507 g/mol. The zero-order valence-electron chi connectivity index (χ0n) is 21.6. The van der Waals surface area contributed by atoms with Gasteiger partial charge in [-0.2, -0.15) is 0 Å². The van der Waals surface area contributed by atoms with E-state index in [1.165, 1.54) is 17.0 Å². The normalized spacial score (nSPS) is 17.6. The second kappa shape index (κ2) is 8.74. The first-order valence-corrected chi connectivity index (χ1v) is 13.0. The van der Waals surface area contributed by atoms with Gasteiger partial charge in [0.1, 0.15) is 11.4 Å². The van der Waals surface area contributed by atoms with E-state index in [-0.39, 0.29) is 30.0 Å². The molecule has 1 atom stereocenters. The molecule has 2 aliphatic heterocycles. The maximum Gasteiger partial charge on any atom is 0.291 e. The summed E-state index contributed by atoms with van der Waals surface area (Å²) in [7, 11) is 0. The van der Waals surface area contributed by atoms with E-state index in [0.717, 1.165) is 11.1 Å². The standard InChI is InChI=1S/C33H23FN2O4/c1-20-11-16-27-24(17-20)29(37)28-30(40-27)31(38)36(19-22-12-14-23(34)15-13-22)33(28)25-9-5-6-10-26(25)35(32(33)39)18-21-7-3-2-4-8-21/h2-17H,18-19H2,1H3. The van der Waals surface area contributed by atoms with E-state index < -0.39 is 28.6 Å². The zero-order chi connectivity index (χ0) is 27.6. The van der Waals surface area contributed by atoms with Gasteiger partial charge in [0.15, 0.2) is 11.0 Å². The molecule has 3 heterocycles. The Bertz CT molecular complexity index is 1900. The van der Waals surface area contributed by atoms with E-state index in [9.17, 15) is 18.8 Å². The quantitative estimate of drug-likeness (QED) is 0.300. The smallest absolute Gasteiger partial charge is 0.291 e. The molecular formula is C33H23FN2O4. The largest absolute Gasteiger partial charge is 0.450 e. The molecule has 2 amide bonds. The molecule has 1 unspecified atom stereocenters. The lowest BCUT2D eigenvalue weighted by atomic mass is 9.83. The van der Waals surface area contributed by atoms with Gasteiger partial charge in [0.25, 0.3) is 11.8 Å². The van der Waals surface area contributed by atoms with Crippen LogP contribution in [0.4, 0.5) is 10.1 Å². The van der Waals surface area contributed by atoms with Gasteiger partial charge < -0.3 is 14.2 Å². The summed E-state index contributed by atoms with van der Waals surface area (Å²) >= 11 is 0. The van der Waals surface area contributed by atoms with Crippen LogP contribution in [0.25, 0.3) is 11.0 Å². The maximum atomic E-state index is 14.8. The second-order valence-electron chi connectivity index (χ2n) is 10.3. The van der Waals surface area contributed by atoms with Crippen LogP contribution in [0, 0.1) is 12.7 Å². The van der Waals surface area contributed by atoms with Gasteiger partial charge in [-0.3, -0.25) is 14.4 Å². The minimum atomic E-state index is -1.75. The van der Waals surface area contributed by atoms with Crippen molar-refractivity contribution in [2.75, 3.05) is 4.90 Å². The number of fused-ring (bicyclic) bond motifs is 5. The monoisotopic (exact) mass is 530 g/mol. The van der Waals surface area contributed by atoms with E-state index in [0.29, 0.717) is 22.2 Å². The van der Waals surface area contributed by atoms with Gasteiger partial charge >= 0.3 is 0 Å². The molecule has 7 rings (SSSR count). The molecule has 0 bridgehead atoms. The number of carbonyl (C=O) groups is 2. The summed E-state index contributed by atoms with van der Waals surface area (Å²) in [5, 5.41) is 0.307. The van der Waals surface area contributed by atoms with Crippen molar-refractivity contribution >= 4 is 28.5 Å². The average Bonchev–Trinajstić information content (AvgIpc) is 3.35. The molecule has 7 heteroatoms. The van der Waals surface area contributed by atoms with E-state index >= 15 is 0 Å². The maximum absolute atomic E-state index is 14.8. The fourth-order valence-electron chi connectivity index (χ4n) is 6.02. The minimum absolute atomic E-state index is 0.0192. The number of hydrogen-bond acceptors (Lipinski definition) is 4. The third kappa shape index (κ3) is 3.30. The van der Waals surface area contributed by atoms with E-state index in [1.54, 1.807) is 47.4 Å². The molecule has 0 saturated carbocycles. The zero-order valence-corrected chi connectivity index (χ0v) is 21.6. The van der Waals surface area contributed by atoms with Gasteiger partial charge in [0, 0.05) is 12.1 Å². The Balaban J connectivity index is 1.52. The highest BCUT2D eigenvalue weighted by molar-refractivity contribution is 6.17. The van der Waals surface area contributed by atoms with E-state index in [1.807, 2.05) is 49.4 Å². The van der Waals surface area contributed by atoms with Crippen molar-refractivity contribution in [3.8, 4) is 0 Å². The topological polar surface area (TPSA) is 70.8 Å². The second-order valence-corrected chi connectivity index (χ2v) is 10.3. The predicted octanol–water partition coefficient (Wildman–Crippen LogP) is 5.69. The highest BCUT2D eigenvalue weighted by atomic mass is 19.1. The molecule has 40 heavy (non-hydrogen) atoms. The van der Waals surface area contributed by atoms with Gasteiger partial charge in [0.2, 0.25) is 5.76 Å². The van der Waals surface area contributed by atoms with Crippen LogP contribution < -0.4 is 10.3 Å². The van der Waals surface area contributed by atoms with Crippen molar-refractivity contribution in [2.45, 2.75) is 25.6 Å². The van der Waals surface area contributed by atoms with Crippen LogP contribution in [0.3, 0.4) is 0 Å². The van der Waals surface area contributed by atoms with Crippen molar-refractivity contribution in [1.29, 1.82) is 0 Å². The third-order valence-corrected chi connectivity index (χ3v) is 7.83. The van der Waals surface area contributed by atoms with Crippen LogP contribution in [0.15, 0.2) is 106 Å². The van der Waals surface area contributed by atoms with Crippen LogP contribution in [0.1, 0.15) is 38.4 Å². The Kier molecular flexibility index (Phi) is 5.25. The molecule has 1 spiro atoms.